The molecule has 2 amide bonds. The molecular formula is C23H26N4O3. The van der Waals surface area contributed by atoms with Crippen LogP contribution in [0.3, 0.4) is 0 Å². The third kappa shape index (κ3) is 4.62. The third-order valence-corrected chi connectivity index (χ3v) is 5.66. The van der Waals surface area contributed by atoms with E-state index >= 15 is 0 Å². The van der Waals surface area contributed by atoms with Crippen LogP contribution in [0.2, 0.25) is 0 Å². The van der Waals surface area contributed by atoms with Crippen LogP contribution in [0.1, 0.15) is 50.0 Å². The number of aromatic nitrogens is 2. The van der Waals surface area contributed by atoms with Gasteiger partial charge in [-0.15, -0.1) is 0 Å². The molecule has 2 N–H and O–H groups in total. The van der Waals surface area contributed by atoms with Crippen molar-refractivity contribution >= 4 is 11.8 Å². The maximum atomic E-state index is 12.6. The van der Waals surface area contributed by atoms with E-state index in [2.05, 4.69) is 15.7 Å². The molecular weight excluding hydrogens is 380 g/mol. The maximum Gasteiger partial charge on any atom is 0.220 e. The van der Waals surface area contributed by atoms with E-state index in [0.717, 1.165) is 17.0 Å². The summed E-state index contributed by atoms with van der Waals surface area (Å²) in [6, 6.07) is 13.4. The van der Waals surface area contributed by atoms with Gasteiger partial charge in [-0.1, -0.05) is 18.2 Å². The second-order valence-electron chi connectivity index (χ2n) is 7.93. The quantitative estimate of drug-likeness (QED) is 0.601. The number of nitrogens with one attached hydrogen (secondary N) is 2. The van der Waals surface area contributed by atoms with Crippen molar-refractivity contribution in [2.75, 3.05) is 0 Å². The summed E-state index contributed by atoms with van der Waals surface area (Å²) in [5.74, 6) is 0.804. The van der Waals surface area contributed by atoms with E-state index in [0.29, 0.717) is 32.1 Å². The molecule has 156 valence electrons. The van der Waals surface area contributed by atoms with Gasteiger partial charge < -0.3 is 15.1 Å². The van der Waals surface area contributed by atoms with Crippen LogP contribution in [-0.2, 0) is 16.0 Å². The van der Waals surface area contributed by atoms with Gasteiger partial charge in [0, 0.05) is 36.6 Å². The molecule has 2 aromatic heterocycles. The Morgan fingerprint density at radius 3 is 2.83 bits per heavy atom. The summed E-state index contributed by atoms with van der Waals surface area (Å²) in [7, 11) is 0. The van der Waals surface area contributed by atoms with Gasteiger partial charge in [-0.3, -0.25) is 9.59 Å². The van der Waals surface area contributed by atoms with Gasteiger partial charge in [-0.25, -0.2) is 4.68 Å². The summed E-state index contributed by atoms with van der Waals surface area (Å²) in [4.78, 5) is 24.5. The fraction of sp³-hybridized carbons (Fsp3) is 0.348. The summed E-state index contributed by atoms with van der Waals surface area (Å²) < 4.78 is 7.26. The van der Waals surface area contributed by atoms with Crippen LogP contribution in [0.5, 0.6) is 0 Å². The van der Waals surface area contributed by atoms with Crippen molar-refractivity contribution in [1.82, 2.24) is 20.4 Å². The number of amides is 2. The van der Waals surface area contributed by atoms with Gasteiger partial charge in [-0.2, -0.15) is 5.10 Å². The third-order valence-electron chi connectivity index (χ3n) is 5.66. The van der Waals surface area contributed by atoms with Crippen LogP contribution >= 0.6 is 0 Å². The van der Waals surface area contributed by atoms with Crippen LogP contribution in [0, 0.1) is 0 Å². The predicted octanol–water partition coefficient (Wildman–Crippen LogP) is 3.31. The normalized spacial score (nSPS) is 19.4. The van der Waals surface area contributed by atoms with E-state index in [-0.39, 0.29) is 17.9 Å². The largest absolute Gasteiger partial charge is 0.469 e. The number of carbonyl (C=O) groups excluding carboxylic acids is 2. The highest BCUT2D eigenvalue weighted by atomic mass is 16.3. The zero-order chi connectivity index (χ0) is 21.0. The highest BCUT2D eigenvalue weighted by Crippen LogP contribution is 2.30. The van der Waals surface area contributed by atoms with Crippen LogP contribution in [0.4, 0.5) is 0 Å². The molecule has 0 aliphatic carbocycles. The zero-order valence-corrected chi connectivity index (χ0v) is 17.0. The average molecular weight is 406 g/mol. The van der Waals surface area contributed by atoms with E-state index < -0.39 is 5.54 Å². The minimum Gasteiger partial charge on any atom is -0.469 e. The van der Waals surface area contributed by atoms with Crippen molar-refractivity contribution in [2.45, 2.75) is 50.6 Å². The molecule has 1 aromatic carbocycles. The smallest absolute Gasteiger partial charge is 0.220 e. The van der Waals surface area contributed by atoms with Gasteiger partial charge in [0.15, 0.2) is 0 Å². The Bertz CT molecular complexity index is 997. The molecule has 1 fully saturated rings. The number of hydrogen-bond acceptors (Lipinski definition) is 4. The molecule has 0 bridgehead atoms. The Kier molecular flexibility index (Phi) is 5.70. The summed E-state index contributed by atoms with van der Waals surface area (Å²) in [6.07, 6.45) is 8.02. The van der Waals surface area contributed by atoms with Gasteiger partial charge in [-0.05, 0) is 44.0 Å². The number of para-hydroxylation sites is 1. The molecule has 7 nitrogen and oxygen atoms in total. The second kappa shape index (κ2) is 8.57. The van der Waals surface area contributed by atoms with Gasteiger partial charge in [0.05, 0.1) is 24.2 Å². The number of hydrogen-bond donors (Lipinski definition) is 2. The molecule has 1 aliphatic rings. The molecule has 0 saturated carbocycles. The number of furan rings is 1. The maximum absolute atomic E-state index is 12.6. The Balaban J connectivity index is 1.34. The van der Waals surface area contributed by atoms with Gasteiger partial charge in [0.1, 0.15) is 5.76 Å². The Hall–Kier alpha value is -3.35. The Morgan fingerprint density at radius 2 is 2.13 bits per heavy atom. The van der Waals surface area contributed by atoms with E-state index in [1.54, 1.807) is 17.1 Å². The van der Waals surface area contributed by atoms with E-state index in [9.17, 15) is 9.59 Å². The predicted molar refractivity (Wildman–Crippen MR) is 112 cm³/mol. The molecule has 1 aliphatic heterocycles. The molecule has 0 unspecified atom stereocenters. The summed E-state index contributed by atoms with van der Waals surface area (Å²) in [6.45, 7) is 1.94. The highest BCUT2D eigenvalue weighted by Gasteiger charge is 2.38. The number of rotatable bonds is 8. The average Bonchev–Trinajstić information content (AvgIpc) is 3.49. The molecule has 0 spiro atoms. The first-order valence-corrected chi connectivity index (χ1v) is 10.3. The first kappa shape index (κ1) is 19.9. The summed E-state index contributed by atoms with van der Waals surface area (Å²) in [5.41, 5.74) is 1.49. The number of carbonyl (C=O) groups is 2. The first-order chi connectivity index (χ1) is 14.5. The van der Waals surface area contributed by atoms with Crippen LogP contribution in [0.25, 0.3) is 5.69 Å². The fourth-order valence-electron chi connectivity index (χ4n) is 3.96. The molecule has 7 heteroatoms. The van der Waals surface area contributed by atoms with Crippen molar-refractivity contribution in [2.24, 2.45) is 0 Å². The van der Waals surface area contributed by atoms with E-state index in [4.69, 9.17) is 4.42 Å². The van der Waals surface area contributed by atoms with Gasteiger partial charge in [0.2, 0.25) is 11.8 Å². The Morgan fingerprint density at radius 1 is 1.30 bits per heavy atom. The minimum atomic E-state index is -0.423. The molecule has 30 heavy (non-hydrogen) atoms. The first-order valence-electron chi connectivity index (χ1n) is 10.3. The second-order valence-corrected chi connectivity index (χ2v) is 7.93. The molecule has 0 radical (unpaired) electrons. The lowest BCUT2D eigenvalue weighted by Crippen LogP contribution is -2.44. The topological polar surface area (TPSA) is 89.2 Å². The zero-order valence-electron chi connectivity index (χ0n) is 17.0. The van der Waals surface area contributed by atoms with Crippen LogP contribution in [-0.4, -0.2) is 27.1 Å². The van der Waals surface area contributed by atoms with Gasteiger partial charge in [0.25, 0.3) is 0 Å². The SMILES string of the molecule is C[C@@H](NC(=O)CC[C@]1(Cc2ccco2)CCC(=O)N1)c1cnn(-c2ccccc2)c1. The number of benzene rings is 1. The van der Waals surface area contributed by atoms with E-state index in [1.165, 1.54) is 0 Å². The van der Waals surface area contributed by atoms with Crippen molar-refractivity contribution in [3.63, 3.8) is 0 Å². The highest BCUT2D eigenvalue weighted by molar-refractivity contribution is 5.80. The van der Waals surface area contributed by atoms with Crippen LogP contribution < -0.4 is 10.6 Å². The monoisotopic (exact) mass is 406 g/mol. The molecule has 3 heterocycles. The standard InChI is InChI=1S/C23H26N4O3/c1-17(18-15-24-27(16-18)19-6-3-2-4-7-19)25-21(28)9-11-23(12-10-22(29)26-23)14-20-8-5-13-30-20/h2-8,13,15-17H,9-12,14H2,1H3,(H,25,28)(H,26,29)/t17-,23-/m1/s1. The molecule has 1 saturated heterocycles. The summed E-state index contributed by atoms with van der Waals surface area (Å²) in [5, 5.41) is 10.5. The molecule has 2 atom stereocenters. The van der Waals surface area contributed by atoms with Crippen molar-refractivity contribution in [3.05, 3.63) is 72.4 Å². The molecule has 3 aromatic rings. The van der Waals surface area contributed by atoms with Crippen molar-refractivity contribution < 1.29 is 14.0 Å². The van der Waals surface area contributed by atoms with E-state index in [1.807, 2.05) is 55.6 Å². The van der Waals surface area contributed by atoms with Crippen molar-refractivity contribution in [1.29, 1.82) is 0 Å². The molecule has 4 rings (SSSR count). The van der Waals surface area contributed by atoms with Gasteiger partial charge >= 0.3 is 0 Å². The Labute approximate surface area is 175 Å². The van der Waals surface area contributed by atoms with Crippen molar-refractivity contribution in [3.8, 4) is 5.69 Å². The fourth-order valence-corrected chi connectivity index (χ4v) is 3.96. The minimum absolute atomic E-state index is 0.0312. The lowest BCUT2D eigenvalue weighted by molar-refractivity contribution is -0.123. The lowest BCUT2D eigenvalue weighted by atomic mass is 9.87. The lowest BCUT2D eigenvalue weighted by Gasteiger charge is -2.28. The summed E-state index contributed by atoms with van der Waals surface area (Å²) >= 11 is 0. The van der Waals surface area contributed by atoms with Crippen LogP contribution in [0.15, 0.2) is 65.5 Å². The number of nitrogens with zero attached hydrogens (tertiary/aromatic N) is 2.